The third-order valence-corrected chi connectivity index (χ3v) is 13.5. The van der Waals surface area contributed by atoms with Crippen LogP contribution in [0.25, 0.3) is 0 Å². The van der Waals surface area contributed by atoms with E-state index in [2.05, 4.69) is 0 Å². The Morgan fingerprint density at radius 3 is 0.900 bits per heavy atom. The third kappa shape index (κ3) is 4.52. The fourth-order valence-corrected chi connectivity index (χ4v) is 13.6. The molecule has 0 bridgehead atoms. The second-order valence-electron chi connectivity index (χ2n) is 7.00. The van der Waals surface area contributed by atoms with E-state index in [9.17, 15) is 0 Å². The molecule has 20 heavy (non-hydrogen) atoms. The summed E-state index contributed by atoms with van der Waals surface area (Å²) in [5.74, 6) is 0. The molecule has 3 aliphatic rings. The smallest absolute Gasteiger partial charge is 0.153 e. The first kappa shape index (κ1) is 17.4. The molecule has 2 heteroatoms. The summed E-state index contributed by atoms with van der Waals surface area (Å²) in [6.45, 7) is 0. The first-order chi connectivity index (χ1) is 9.45. The molecule has 121 valence electrons. The van der Waals surface area contributed by atoms with Gasteiger partial charge in [-0.25, -0.2) is 0 Å². The zero-order valence-electron chi connectivity index (χ0n) is 13.4. The van der Waals surface area contributed by atoms with Gasteiger partial charge < -0.3 is 0 Å². The molecule has 1 atom stereocenters. The molecule has 0 aromatic carbocycles. The quantitative estimate of drug-likeness (QED) is 0.366. The maximum Gasteiger partial charge on any atom is -0.153 e. The summed E-state index contributed by atoms with van der Waals surface area (Å²) < 4.78 is 3.80. The van der Waals surface area contributed by atoms with Crippen molar-refractivity contribution in [1.29, 1.82) is 0 Å². The molecule has 3 fully saturated rings. The molecule has 0 heterocycles. The molecule has 0 radical (unpaired) electrons. The number of hydrogen-bond acceptors (Lipinski definition) is 0. The van der Waals surface area contributed by atoms with Gasteiger partial charge >= 0.3 is 126 Å². The molecule has 0 spiro atoms. The van der Waals surface area contributed by atoms with Crippen LogP contribution in [-0.4, -0.2) is 0 Å². The van der Waals surface area contributed by atoms with Crippen molar-refractivity contribution in [2.45, 2.75) is 110 Å². The molecule has 0 saturated heterocycles. The first-order valence-electron chi connectivity index (χ1n) is 9.06. The predicted molar refractivity (Wildman–Crippen MR) is 91.6 cm³/mol. The Labute approximate surface area is 135 Å². The molecule has 0 aromatic heterocycles. The fraction of sp³-hybridized carbons (Fsp3) is 1.00. The topological polar surface area (TPSA) is 0 Å². The van der Waals surface area contributed by atoms with Crippen molar-refractivity contribution in [3.8, 4) is 0 Å². The Morgan fingerprint density at radius 1 is 0.400 bits per heavy atom. The Morgan fingerprint density at radius 2 is 0.650 bits per heavy atom. The summed E-state index contributed by atoms with van der Waals surface area (Å²) in [7, 11) is 0. The van der Waals surface area contributed by atoms with Crippen molar-refractivity contribution < 1.29 is 16.0 Å². The van der Waals surface area contributed by atoms with Gasteiger partial charge in [-0.15, -0.1) is 0 Å². The second-order valence-corrected chi connectivity index (χ2v) is 13.0. The maximum atomic E-state index is 1.64. The van der Waals surface area contributed by atoms with E-state index in [0.29, 0.717) is 0 Å². The molecular weight excluding hydrogens is 348 g/mol. The molecule has 3 saturated carbocycles. The van der Waals surface area contributed by atoms with Crippen LogP contribution in [0.5, 0.6) is 0 Å². The second kappa shape index (κ2) is 9.25. The van der Waals surface area contributed by atoms with Crippen LogP contribution < -0.4 is 0 Å². The summed E-state index contributed by atoms with van der Waals surface area (Å²) in [5.41, 5.74) is 0. The normalized spacial score (nSPS) is 27.9. The summed E-state index contributed by atoms with van der Waals surface area (Å²) in [4.78, 5) is 0. The van der Waals surface area contributed by atoms with Gasteiger partial charge in [-0.05, 0) is 0 Å². The predicted octanol–water partition coefficient (Wildman–Crippen LogP) is 6.92. The van der Waals surface area contributed by atoms with Crippen LogP contribution >= 0.6 is 9.90 Å². The van der Waals surface area contributed by atoms with Gasteiger partial charge in [0.1, 0.15) is 0 Å². The van der Waals surface area contributed by atoms with E-state index in [1.807, 2.05) is 0 Å². The van der Waals surface area contributed by atoms with Crippen molar-refractivity contribution in [3.63, 3.8) is 0 Å². The zero-order valence-corrected chi connectivity index (χ0v) is 16.6. The molecule has 3 aliphatic carbocycles. The van der Waals surface area contributed by atoms with Gasteiger partial charge in [0.05, 0.1) is 0 Å². The molecule has 0 aliphatic heterocycles. The van der Waals surface area contributed by atoms with Gasteiger partial charge in [-0.1, -0.05) is 0 Å². The van der Waals surface area contributed by atoms with Crippen molar-refractivity contribution in [2.75, 3.05) is 0 Å². The molecule has 0 amide bonds. The van der Waals surface area contributed by atoms with Crippen molar-refractivity contribution in [2.24, 2.45) is 0 Å². The minimum atomic E-state index is -0.530. The van der Waals surface area contributed by atoms with Gasteiger partial charge in [-0.2, -0.15) is 9.90 Å². The average Bonchev–Trinajstić information content (AvgIpc) is 2.51. The van der Waals surface area contributed by atoms with E-state index < -0.39 is 16.0 Å². The largest absolute Gasteiger partial charge is 0.153 e. The summed E-state index contributed by atoms with van der Waals surface area (Å²) >= 11 is -0.530. The molecule has 0 aromatic rings. The van der Waals surface area contributed by atoms with Crippen molar-refractivity contribution in [3.05, 3.63) is 0 Å². The molecule has 1 unspecified atom stereocenters. The number of rotatable bonds is 3. The van der Waals surface area contributed by atoms with Gasteiger partial charge in [0.2, 0.25) is 0 Å². The van der Waals surface area contributed by atoms with Crippen molar-refractivity contribution >= 4 is 9.90 Å². The molecule has 3 rings (SSSR count). The maximum absolute atomic E-state index is 1.64. The van der Waals surface area contributed by atoms with E-state index in [1.165, 1.54) is 13.5 Å². The van der Waals surface area contributed by atoms with Crippen LogP contribution in [-0.2, 0) is 16.0 Å². The Balaban J connectivity index is 0.00000147. The van der Waals surface area contributed by atoms with Crippen molar-refractivity contribution in [1.82, 2.24) is 0 Å². The van der Waals surface area contributed by atoms with E-state index in [4.69, 9.17) is 0 Å². The zero-order chi connectivity index (χ0) is 12.9. The van der Waals surface area contributed by atoms with E-state index in [-0.39, 0.29) is 9.90 Å². The number of hydrogen-bond donors (Lipinski definition) is 0. The van der Waals surface area contributed by atoms with E-state index >= 15 is 0 Å². The van der Waals surface area contributed by atoms with Crippen LogP contribution in [0.3, 0.4) is 0 Å². The standard InChI is InChI=1S/3C6H11.H3P.Ru/c3*1-2-4-6-5-3-1;;/h3*1H,2-6H2;1H3;. The van der Waals surface area contributed by atoms with Crippen LogP contribution in [0, 0.1) is 0 Å². The average molecular weight is 385 g/mol. The Bertz CT molecular complexity index is 207. The Kier molecular flexibility index (Phi) is 8.05. The van der Waals surface area contributed by atoms with E-state index in [1.54, 1.807) is 96.3 Å². The molecular formula is C18H36PRu. The summed E-state index contributed by atoms with van der Waals surface area (Å²) in [6.07, 6.45) is 24.0. The summed E-state index contributed by atoms with van der Waals surface area (Å²) in [5, 5.41) is 0. The van der Waals surface area contributed by atoms with Crippen LogP contribution in [0.15, 0.2) is 0 Å². The third-order valence-electron chi connectivity index (χ3n) is 5.56. The molecule has 0 N–H and O–H groups in total. The van der Waals surface area contributed by atoms with Gasteiger partial charge in [0, 0.05) is 0 Å². The summed E-state index contributed by atoms with van der Waals surface area (Å²) in [6, 6.07) is 0. The van der Waals surface area contributed by atoms with Crippen LogP contribution in [0.4, 0.5) is 0 Å². The first-order valence-corrected chi connectivity index (χ1v) is 12.1. The minimum Gasteiger partial charge on any atom is -0.153 e. The van der Waals surface area contributed by atoms with Gasteiger partial charge in [0.15, 0.2) is 0 Å². The Hall–Kier alpha value is 1.05. The van der Waals surface area contributed by atoms with E-state index in [0.717, 1.165) is 0 Å². The van der Waals surface area contributed by atoms with Crippen LogP contribution in [0.2, 0.25) is 13.5 Å². The van der Waals surface area contributed by atoms with Gasteiger partial charge in [-0.3, -0.25) is 0 Å². The molecule has 0 nitrogen and oxygen atoms in total. The van der Waals surface area contributed by atoms with Crippen LogP contribution in [0.1, 0.15) is 96.3 Å². The minimum absolute atomic E-state index is 0. The monoisotopic (exact) mass is 385 g/mol. The SMILES string of the molecule is C1CC[CH]([Ru]([CH]2CCCCC2)[CH]2CCCCC2)CC1.P. The van der Waals surface area contributed by atoms with Gasteiger partial charge in [0.25, 0.3) is 0 Å². The fourth-order valence-electron chi connectivity index (χ4n) is 4.54.